The molecular formula is C15H18N4O3. The summed E-state index contributed by atoms with van der Waals surface area (Å²) in [6.07, 6.45) is 4.33. The van der Waals surface area contributed by atoms with E-state index in [1.807, 2.05) is 11.0 Å². The van der Waals surface area contributed by atoms with E-state index in [0.29, 0.717) is 31.7 Å². The predicted molar refractivity (Wildman–Crippen MR) is 77.7 cm³/mol. The summed E-state index contributed by atoms with van der Waals surface area (Å²) in [7, 11) is 0. The molecule has 1 aliphatic rings. The van der Waals surface area contributed by atoms with Crippen LogP contribution in [0.4, 0.5) is 0 Å². The number of hydrogen-bond donors (Lipinski definition) is 2. The van der Waals surface area contributed by atoms with Gasteiger partial charge in [-0.25, -0.2) is 0 Å². The van der Waals surface area contributed by atoms with Crippen molar-refractivity contribution >= 4 is 11.8 Å². The van der Waals surface area contributed by atoms with Crippen LogP contribution in [-0.2, 0) is 16.1 Å². The number of nitrogens with one attached hydrogen (secondary N) is 1. The molecule has 0 spiro atoms. The maximum Gasteiger partial charge on any atom is 0.263 e. The maximum absolute atomic E-state index is 12.0. The highest BCUT2D eigenvalue weighted by Crippen LogP contribution is 2.17. The number of furan rings is 1. The third-order valence-electron chi connectivity index (χ3n) is 3.61. The van der Waals surface area contributed by atoms with Crippen LogP contribution in [0.5, 0.6) is 0 Å². The number of likely N-dealkylation sites (tertiary alicyclic amines) is 1. The molecule has 0 atom stereocenters. The Balaban J connectivity index is 1.89. The molecule has 1 saturated heterocycles. The Labute approximate surface area is 128 Å². The molecular weight excluding hydrogens is 284 g/mol. The second kappa shape index (κ2) is 7.31. The minimum absolute atomic E-state index is 0.0316. The molecule has 7 heteroatoms. The summed E-state index contributed by atoms with van der Waals surface area (Å²) in [5, 5.41) is 11.7. The molecule has 0 radical (unpaired) electrons. The monoisotopic (exact) mass is 302 g/mol. The molecule has 2 heterocycles. The van der Waals surface area contributed by atoms with E-state index in [1.165, 1.54) is 12.5 Å². The quantitative estimate of drug-likeness (QED) is 0.607. The van der Waals surface area contributed by atoms with Crippen LogP contribution in [0.25, 0.3) is 0 Å². The van der Waals surface area contributed by atoms with Crippen molar-refractivity contribution in [1.82, 2.24) is 10.2 Å². The third kappa shape index (κ3) is 4.12. The van der Waals surface area contributed by atoms with E-state index in [-0.39, 0.29) is 23.9 Å². The number of carbonyl (C=O) groups excluding carboxylic acids is 2. The van der Waals surface area contributed by atoms with Crippen molar-refractivity contribution in [3.63, 3.8) is 0 Å². The summed E-state index contributed by atoms with van der Waals surface area (Å²) >= 11 is 0. The van der Waals surface area contributed by atoms with E-state index >= 15 is 0 Å². The van der Waals surface area contributed by atoms with Gasteiger partial charge in [-0.1, -0.05) is 0 Å². The Kier molecular flexibility index (Phi) is 5.20. The van der Waals surface area contributed by atoms with Crippen molar-refractivity contribution < 1.29 is 14.0 Å². The van der Waals surface area contributed by atoms with Gasteiger partial charge in [0.2, 0.25) is 5.91 Å². The Morgan fingerprint density at radius 1 is 1.50 bits per heavy atom. The third-order valence-corrected chi connectivity index (χ3v) is 3.61. The number of piperidine rings is 1. The van der Waals surface area contributed by atoms with Crippen molar-refractivity contribution in [3.8, 4) is 6.07 Å². The first kappa shape index (κ1) is 15.6. The fraction of sp³-hybridized carbons (Fsp3) is 0.400. The van der Waals surface area contributed by atoms with Gasteiger partial charge >= 0.3 is 0 Å². The number of amides is 2. The van der Waals surface area contributed by atoms with E-state index in [4.69, 9.17) is 15.4 Å². The molecule has 1 aromatic rings. The van der Waals surface area contributed by atoms with E-state index in [2.05, 4.69) is 5.32 Å². The Bertz CT molecular complexity index is 593. The van der Waals surface area contributed by atoms with E-state index < -0.39 is 5.91 Å². The highest BCUT2D eigenvalue weighted by molar-refractivity contribution is 5.97. The summed E-state index contributed by atoms with van der Waals surface area (Å²) in [6, 6.07) is 5.37. The maximum atomic E-state index is 12.0. The van der Waals surface area contributed by atoms with Gasteiger partial charge in [0.15, 0.2) is 0 Å². The van der Waals surface area contributed by atoms with E-state index in [9.17, 15) is 9.59 Å². The van der Waals surface area contributed by atoms with Gasteiger partial charge in [-0.15, -0.1) is 0 Å². The van der Waals surface area contributed by atoms with Gasteiger partial charge in [0.1, 0.15) is 17.4 Å². The highest BCUT2D eigenvalue weighted by Gasteiger charge is 2.22. The lowest BCUT2D eigenvalue weighted by Crippen LogP contribution is -2.36. The molecule has 116 valence electrons. The van der Waals surface area contributed by atoms with Gasteiger partial charge in [0.05, 0.1) is 12.8 Å². The van der Waals surface area contributed by atoms with Crippen molar-refractivity contribution in [2.24, 2.45) is 11.7 Å². The molecule has 2 amide bonds. The zero-order valence-electron chi connectivity index (χ0n) is 12.1. The van der Waals surface area contributed by atoms with Crippen LogP contribution < -0.4 is 11.1 Å². The van der Waals surface area contributed by atoms with Crippen LogP contribution in [0.3, 0.4) is 0 Å². The van der Waals surface area contributed by atoms with Crippen LogP contribution in [0.15, 0.2) is 34.6 Å². The normalized spacial score (nSPS) is 16.1. The van der Waals surface area contributed by atoms with Gasteiger partial charge in [0.25, 0.3) is 5.91 Å². The fourth-order valence-corrected chi connectivity index (χ4v) is 2.31. The fourth-order valence-electron chi connectivity index (χ4n) is 2.31. The van der Waals surface area contributed by atoms with Gasteiger partial charge in [-0.3, -0.25) is 9.59 Å². The number of carbonyl (C=O) groups is 2. The molecule has 1 fully saturated rings. The standard InChI is InChI=1S/C15H18N4O3/c16-8-12(15(21)18-9-13-2-1-7-22-13)10-19-5-3-11(4-6-19)14(17)20/h1-2,7,10-11H,3-6,9H2,(H2,17,20)(H,18,21). The Morgan fingerprint density at radius 3 is 2.77 bits per heavy atom. The number of nitriles is 1. The smallest absolute Gasteiger partial charge is 0.263 e. The number of nitrogens with zero attached hydrogens (tertiary/aromatic N) is 2. The van der Waals surface area contributed by atoms with Crippen molar-refractivity contribution in [2.45, 2.75) is 19.4 Å². The number of rotatable bonds is 5. The summed E-state index contributed by atoms with van der Waals surface area (Å²) in [5.74, 6) is -0.243. The molecule has 0 aromatic carbocycles. The van der Waals surface area contributed by atoms with Gasteiger partial charge in [-0.05, 0) is 25.0 Å². The summed E-state index contributed by atoms with van der Waals surface area (Å²) in [6.45, 7) is 1.43. The molecule has 3 N–H and O–H groups in total. The van der Waals surface area contributed by atoms with Crippen LogP contribution in [0.2, 0.25) is 0 Å². The minimum Gasteiger partial charge on any atom is -0.467 e. The highest BCUT2D eigenvalue weighted by atomic mass is 16.3. The zero-order valence-corrected chi connectivity index (χ0v) is 12.1. The van der Waals surface area contributed by atoms with E-state index in [0.717, 1.165) is 0 Å². The van der Waals surface area contributed by atoms with Crippen LogP contribution in [0, 0.1) is 17.2 Å². The summed E-state index contributed by atoms with van der Waals surface area (Å²) in [4.78, 5) is 24.9. The van der Waals surface area contributed by atoms with Crippen LogP contribution >= 0.6 is 0 Å². The molecule has 7 nitrogen and oxygen atoms in total. The first-order valence-electron chi connectivity index (χ1n) is 7.06. The largest absolute Gasteiger partial charge is 0.467 e. The first-order chi connectivity index (χ1) is 10.6. The van der Waals surface area contributed by atoms with Gasteiger partial charge in [-0.2, -0.15) is 5.26 Å². The average Bonchev–Trinajstić information content (AvgIpc) is 3.04. The number of hydrogen-bond acceptors (Lipinski definition) is 5. The van der Waals surface area contributed by atoms with E-state index in [1.54, 1.807) is 12.1 Å². The zero-order chi connectivity index (χ0) is 15.9. The molecule has 2 rings (SSSR count). The lowest BCUT2D eigenvalue weighted by molar-refractivity contribution is -0.123. The topological polar surface area (TPSA) is 112 Å². The molecule has 1 aromatic heterocycles. The molecule has 0 bridgehead atoms. The lowest BCUT2D eigenvalue weighted by Gasteiger charge is -2.29. The summed E-state index contributed by atoms with van der Waals surface area (Å²) in [5.41, 5.74) is 5.31. The summed E-state index contributed by atoms with van der Waals surface area (Å²) < 4.78 is 5.11. The lowest BCUT2D eigenvalue weighted by atomic mass is 9.96. The van der Waals surface area contributed by atoms with Crippen LogP contribution in [0.1, 0.15) is 18.6 Å². The van der Waals surface area contributed by atoms with Crippen molar-refractivity contribution in [2.75, 3.05) is 13.1 Å². The predicted octanol–water partition coefficient (Wildman–Crippen LogP) is 0.501. The molecule has 0 saturated carbocycles. The molecule has 0 aliphatic carbocycles. The first-order valence-corrected chi connectivity index (χ1v) is 7.06. The minimum atomic E-state index is -0.448. The second-order valence-corrected chi connectivity index (χ2v) is 5.13. The van der Waals surface area contributed by atoms with Crippen molar-refractivity contribution in [1.29, 1.82) is 5.26 Å². The van der Waals surface area contributed by atoms with Gasteiger partial charge < -0.3 is 20.4 Å². The SMILES string of the molecule is N#CC(=CN1CCC(C(N)=O)CC1)C(=O)NCc1ccco1. The number of primary amides is 1. The Morgan fingerprint density at radius 2 is 2.23 bits per heavy atom. The van der Waals surface area contributed by atoms with Crippen molar-refractivity contribution in [3.05, 3.63) is 35.9 Å². The molecule has 0 unspecified atom stereocenters. The number of nitrogens with two attached hydrogens (primary N) is 1. The Hall–Kier alpha value is -2.75. The second-order valence-electron chi connectivity index (χ2n) is 5.13. The van der Waals surface area contributed by atoms with Gasteiger partial charge in [0, 0.05) is 25.2 Å². The van der Waals surface area contributed by atoms with Crippen LogP contribution in [-0.4, -0.2) is 29.8 Å². The average molecular weight is 302 g/mol. The molecule has 22 heavy (non-hydrogen) atoms. The molecule has 1 aliphatic heterocycles.